The molecule has 0 aromatic heterocycles. The molecule has 0 aliphatic heterocycles. The van der Waals surface area contributed by atoms with Gasteiger partial charge in [0.2, 0.25) is 0 Å². The van der Waals surface area contributed by atoms with Gasteiger partial charge in [0, 0.05) is 5.41 Å². The van der Waals surface area contributed by atoms with E-state index in [0.29, 0.717) is 23.5 Å². The van der Waals surface area contributed by atoms with Crippen LogP contribution in [-0.2, 0) is 6.42 Å². The van der Waals surface area contributed by atoms with Gasteiger partial charge in [0.15, 0.2) is 11.5 Å². The Morgan fingerprint density at radius 3 is 2.82 bits per heavy atom. The van der Waals surface area contributed by atoms with Crippen LogP contribution < -0.4 is 4.74 Å². The summed E-state index contributed by atoms with van der Waals surface area (Å²) in [5.41, 5.74) is 2.63. The fourth-order valence-electron chi connectivity index (χ4n) is 5.18. The monoisotopic (exact) mass is 300 g/mol. The number of methoxy groups -OCH3 is 1. The standard InChI is InChI=1S/C19H24O3/c1-19-8-7-12-13(15(19)5-6-18(19)21)4-3-11-9-16(20)17(22-2)10-14(11)12/h5-6,9-10,12-13,15,18,20-21H,3-4,7-8H2,1-2H3/t12?,13?,15?,18?,19-/m0/s1. The van der Waals surface area contributed by atoms with Crippen LogP contribution in [0.1, 0.15) is 43.2 Å². The zero-order valence-electron chi connectivity index (χ0n) is 13.2. The van der Waals surface area contributed by atoms with Crippen LogP contribution in [0.3, 0.4) is 0 Å². The van der Waals surface area contributed by atoms with Crippen LogP contribution in [0.2, 0.25) is 0 Å². The highest BCUT2D eigenvalue weighted by molar-refractivity contribution is 5.49. The van der Waals surface area contributed by atoms with Crippen molar-refractivity contribution in [1.29, 1.82) is 0 Å². The molecule has 3 aliphatic rings. The summed E-state index contributed by atoms with van der Waals surface area (Å²) in [5, 5.41) is 20.4. The van der Waals surface area contributed by atoms with Crippen LogP contribution in [0.15, 0.2) is 24.3 Å². The Morgan fingerprint density at radius 2 is 2.05 bits per heavy atom. The lowest BCUT2D eigenvalue weighted by atomic mass is 9.55. The summed E-state index contributed by atoms with van der Waals surface area (Å²) in [6, 6.07) is 3.93. The summed E-state index contributed by atoms with van der Waals surface area (Å²) in [5.74, 6) is 2.40. The number of phenols is 1. The number of aliphatic hydroxyl groups is 1. The van der Waals surface area contributed by atoms with Crippen molar-refractivity contribution in [3.05, 3.63) is 35.4 Å². The molecule has 3 nitrogen and oxygen atoms in total. The van der Waals surface area contributed by atoms with E-state index in [1.807, 2.05) is 18.2 Å². The van der Waals surface area contributed by atoms with Crippen LogP contribution >= 0.6 is 0 Å². The maximum absolute atomic E-state index is 10.3. The fourth-order valence-corrected chi connectivity index (χ4v) is 5.18. The van der Waals surface area contributed by atoms with Gasteiger partial charge in [-0.3, -0.25) is 0 Å². The lowest BCUT2D eigenvalue weighted by Crippen LogP contribution is -2.44. The van der Waals surface area contributed by atoms with Crippen molar-refractivity contribution in [1.82, 2.24) is 0 Å². The number of phenolic OH excluding ortho intramolecular Hbond substituents is 1. The van der Waals surface area contributed by atoms with Crippen molar-refractivity contribution in [2.45, 2.75) is 44.6 Å². The van der Waals surface area contributed by atoms with Crippen LogP contribution in [0.5, 0.6) is 11.5 Å². The van der Waals surface area contributed by atoms with Gasteiger partial charge in [0.25, 0.3) is 0 Å². The number of aryl methyl sites for hydroxylation is 1. The smallest absolute Gasteiger partial charge is 0.160 e. The molecule has 1 fully saturated rings. The van der Waals surface area contributed by atoms with Crippen LogP contribution in [0.25, 0.3) is 0 Å². The molecule has 0 spiro atoms. The van der Waals surface area contributed by atoms with Gasteiger partial charge in [0.1, 0.15) is 0 Å². The van der Waals surface area contributed by atoms with Gasteiger partial charge in [-0.05, 0) is 66.7 Å². The predicted molar refractivity (Wildman–Crippen MR) is 85.2 cm³/mol. The average Bonchev–Trinajstić information content (AvgIpc) is 2.82. The molecule has 118 valence electrons. The molecule has 4 unspecified atom stereocenters. The second-order valence-electron chi connectivity index (χ2n) is 7.43. The number of benzene rings is 1. The summed E-state index contributed by atoms with van der Waals surface area (Å²) in [6.07, 6.45) is 8.26. The highest BCUT2D eigenvalue weighted by atomic mass is 16.5. The molecular weight excluding hydrogens is 276 g/mol. The Bertz CT molecular complexity index is 636. The number of aliphatic hydroxyl groups excluding tert-OH is 1. The average molecular weight is 300 g/mol. The summed E-state index contributed by atoms with van der Waals surface area (Å²) >= 11 is 0. The van der Waals surface area contributed by atoms with E-state index in [1.165, 1.54) is 11.1 Å². The number of aromatic hydroxyl groups is 1. The van der Waals surface area contributed by atoms with E-state index in [9.17, 15) is 10.2 Å². The molecule has 0 amide bonds. The molecule has 3 heteroatoms. The Hall–Kier alpha value is -1.48. The van der Waals surface area contributed by atoms with E-state index in [1.54, 1.807) is 7.11 Å². The second kappa shape index (κ2) is 4.76. The van der Waals surface area contributed by atoms with Crippen LogP contribution in [0, 0.1) is 17.3 Å². The Morgan fingerprint density at radius 1 is 1.23 bits per heavy atom. The van der Waals surface area contributed by atoms with Crippen molar-refractivity contribution < 1.29 is 14.9 Å². The third-order valence-corrected chi connectivity index (χ3v) is 6.50. The van der Waals surface area contributed by atoms with Crippen LogP contribution in [-0.4, -0.2) is 23.4 Å². The molecule has 5 atom stereocenters. The summed E-state index contributed by atoms with van der Waals surface area (Å²) in [4.78, 5) is 0. The molecule has 4 rings (SSSR count). The van der Waals surface area contributed by atoms with Crippen molar-refractivity contribution in [3.63, 3.8) is 0 Å². The van der Waals surface area contributed by atoms with Crippen molar-refractivity contribution >= 4 is 0 Å². The fraction of sp³-hybridized carbons (Fsp3) is 0.579. The van der Waals surface area contributed by atoms with Gasteiger partial charge < -0.3 is 14.9 Å². The lowest BCUT2D eigenvalue weighted by Gasteiger charge is -2.50. The topological polar surface area (TPSA) is 49.7 Å². The van der Waals surface area contributed by atoms with E-state index >= 15 is 0 Å². The number of ether oxygens (including phenoxy) is 1. The number of hydrogen-bond acceptors (Lipinski definition) is 3. The van der Waals surface area contributed by atoms with Gasteiger partial charge >= 0.3 is 0 Å². The lowest BCUT2D eigenvalue weighted by molar-refractivity contribution is -0.0101. The second-order valence-corrected chi connectivity index (χ2v) is 7.43. The molecule has 0 saturated heterocycles. The molecular formula is C19H24O3. The Labute approximate surface area is 131 Å². The molecule has 1 aromatic carbocycles. The first-order chi connectivity index (χ1) is 10.5. The number of hydrogen-bond donors (Lipinski definition) is 2. The van der Waals surface area contributed by atoms with E-state index in [4.69, 9.17) is 4.74 Å². The van der Waals surface area contributed by atoms with Crippen molar-refractivity contribution in [3.8, 4) is 11.5 Å². The minimum atomic E-state index is -0.297. The predicted octanol–water partition coefficient (Wildman–Crippen LogP) is 3.39. The third kappa shape index (κ3) is 1.78. The van der Waals surface area contributed by atoms with Gasteiger partial charge in [-0.2, -0.15) is 0 Å². The minimum absolute atomic E-state index is 0.0136. The maximum atomic E-state index is 10.3. The van der Waals surface area contributed by atoms with Gasteiger partial charge in [-0.15, -0.1) is 0 Å². The zero-order valence-corrected chi connectivity index (χ0v) is 13.2. The summed E-state index contributed by atoms with van der Waals surface area (Å²) < 4.78 is 5.31. The molecule has 0 radical (unpaired) electrons. The van der Waals surface area contributed by atoms with E-state index < -0.39 is 0 Å². The molecule has 2 N–H and O–H groups in total. The highest BCUT2D eigenvalue weighted by Gasteiger charge is 2.52. The molecule has 1 aromatic rings. The van der Waals surface area contributed by atoms with Crippen molar-refractivity contribution in [2.24, 2.45) is 17.3 Å². The number of allylic oxidation sites excluding steroid dienone is 1. The third-order valence-electron chi connectivity index (χ3n) is 6.50. The Kier molecular flexibility index (Phi) is 3.06. The van der Waals surface area contributed by atoms with Crippen molar-refractivity contribution in [2.75, 3.05) is 7.11 Å². The zero-order chi connectivity index (χ0) is 15.5. The van der Waals surface area contributed by atoms with E-state index in [2.05, 4.69) is 13.0 Å². The summed E-state index contributed by atoms with van der Waals surface area (Å²) in [7, 11) is 1.61. The SMILES string of the molecule is COc1cc2c(cc1O)CCC1C2CC[C@]2(C)C(O)C=CC12. The summed E-state index contributed by atoms with van der Waals surface area (Å²) in [6.45, 7) is 2.24. The highest BCUT2D eigenvalue weighted by Crippen LogP contribution is 2.59. The Balaban J connectivity index is 1.74. The largest absolute Gasteiger partial charge is 0.504 e. The first kappa shape index (κ1) is 14.1. The van der Waals surface area contributed by atoms with E-state index in [0.717, 1.165) is 25.7 Å². The first-order valence-electron chi connectivity index (χ1n) is 8.31. The van der Waals surface area contributed by atoms with Gasteiger partial charge in [0.05, 0.1) is 13.2 Å². The molecule has 3 aliphatic carbocycles. The first-order valence-corrected chi connectivity index (χ1v) is 8.31. The molecule has 0 heterocycles. The van der Waals surface area contributed by atoms with Crippen LogP contribution in [0.4, 0.5) is 0 Å². The van der Waals surface area contributed by atoms with Gasteiger partial charge in [-0.1, -0.05) is 19.1 Å². The quantitative estimate of drug-likeness (QED) is 0.782. The minimum Gasteiger partial charge on any atom is -0.504 e. The molecule has 22 heavy (non-hydrogen) atoms. The normalized spacial score (nSPS) is 39.0. The number of rotatable bonds is 1. The van der Waals surface area contributed by atoms with E-state index in [-0.39, 0.29) is 17.3 Å². The van der Waals surface area contributed by atoms with Gasteiger partial charge in [-0.25, -0.2) is 0 Å². The molecule has 1 saturated carbocycles. The maximum Gasteiger partial charge on any atom is 0.160 e. The molecule has 0 bridgehead atoms. The number of fused-ring (bicyclic) bond motifs is 5.